The van der Waals surface area contributed by atoms with Crippen molar-refractivity contribution in [2.45, 2.75) is 193 Å². The van der Waals surface area contributed by atoms with Crippen LogP contribution in [0.25, 0.3) is 0 Å². The Morgan fingerprint density at radius 1 is 0.821 bits per heavy atom. The van der Waals surface area contributed by atoms with Gasteiger partial charge in [-0.3, -0.25) is 19.2 Å². The molecule has 3 aliphatic heterocycles. The lowest BCUT2D eigenvalue weighted by atomic mass is 9.78. The van der Waals surface area contributed by atoms with Crippen LogP contribution >= 0.6 is 0 Å². The third kappa shape index (κ3) is 20.4. The number of carbonyl (C=O) groups is 5. The fourth-order valence-electron chi connectivity index (χ4n) is 11.3. The quantitative estimate of drug-likeness (QED) is 0.0647. The lowest BCUT2D eigenvalue weighted by Crippen LogP contribution is -2.59. The summed E-state index contributed by atoms with van der Waals surface area (Å²) in [6.07, 6.45) is 7.29. The number of cyclic esters (lactones) is 1. The van der Waals surface area contributed by atoms with Crippen molar-refractivity contribution in [2.75, 3.05) is 67.0 Å². The normalized spacial score (nSPS) is 35.9. The zero-order valence-corrected chi connectivity index (χ0v) is 48.0. The average Bonchev–Trinajstić information content (AvgIpc) is 3.43. The molecule has 2 bridgehead atoms. The summed E-state index contributed by atoms with van der Waals surface area (Å²) in [6, 6.07) is -1.11. The highest BCUT2D eigenvalue weighted by Gasteiger charge is 2.51. The highest BCUT2D eigenvalue weighted by molar-refractivity contribution is 6.39. The second kappa shape index (κ2) is 32.7. The molecule has 1 saturated carbocycles. The molecule has 2 saturated heterocycles. The first-order valence-corrected chi connectivity index (χ1v) is 28.2. The largest absolute Gasteiger partial charge is 0.460 e. The highest BCUT2D eigenvalue weighted by Crippen LogP contribution is 2.39. The van der Waals surface area contributed by atoms with Gasteiger partial charge in [0, 0.05) is 45.4 Å². The molecule has 1 aliphatic carbocycles. The summed E-state index contributed by atoms with van der Waals surface area (Å²) in [7, 11) is 2.98. The second-order valence-corrected chi connectivity index (χ2v) is 22.5. The first-order valence-electron chi connectivity index (χ1n) is 28.2. The van der Waals surface area contributed by atoms with E-state index in [1.54, 1.807) is 40.9 Å². The van der Waals surface area contributed by atoms with Crippen LogP contribution in [0.3, 0.4) is 0 Å². The third-order valence-electron chi connectivity index (χ3n) is 16.2. The van der Waals surface area contributed by atoms with Crippen LogP contribution in [0.1, 0.15) is 132 Å². The number of ketones is 3. The van der Waals surface area contributed by atoms with E-state index in [-0.39, 0.29) is 106 Å². The van der Waals surface area contributed by atoms with Gasteiger partial charge in [0.05, 0.1) is 64.1 Å². The molecule has 444 valence electrons. The molecule has 0 radical (unpaired) electrons. The van der Waals surface area contributed by atoms with Gasteiger partial charge in [-0.05, 0) is 120 Å². The topological polar surface area (TPSA) is 203 Å². The number of methoxy groups -OCH3 is 2. The Hall–Kier alpha value is -3.66. The van der Waals surface area contributed by atoms with E-state index in [4.69, 9.17) is 33.2 Å². The summed E-state index contributed by atoms with van der Waals surface area (Å²) >= 11 is 0. The molecule has 0 aromatic carbocycles. The Morgan fingerprint density at radius 3 is 2.23 bits per heavy atom. The lowest BCUT2D eigenvalue weighted by Gasteiger charge is -2.44. The van der Waals surface area contributed by atoms with E-state index in [1.165, 1.54) is 12.0 Å². The van der Waals surface area contributed by atoms with E-state index < -0.39 is 84.4 Å². The molecule has 0 aromatic rings. The Balaban J connectivity index is 1.68. The number of fused-ring (bicyclic) bond motifs is 3. The lowest BCUT2D eigenvalue weighted by molar-refractivity contribution is -0.185. The number of nitrogens with zero attached hydrogens (tertiary/aromatic N) is 1. The van der Waals surface area contributed by atoms with Crippen LogP contribution in [0.2, 0.25) is 0 Å². The predicted molar refractivity (Wildman–Crippen MR) is 286 cm³/mol. The molecule has 0 aromatic heterocycles. The van der Waals surface area contributed by atoms with Crippen LogP contribution < -0.4 is 0 Å². The number of aliphatic hydroxyl groups excluding tert-OH is 2. The van der Waals surface area contributed by atoms with E-state index in [0.717, 1.165) is 12.0 Å². The summed E-state index contributed by atoms with van der Waals surface area (Å²) in [5, 5.41) is 20.9. The molecule has 4 rings (SSSR count). The molecule has 15 atom stereocenters. The van der Waals surface area contributed by atoms with Gasteiger partial charge in [0.15, 0.2) is 5.78 Å². The molecule has 2 N–H and O–H groups in total. The number of Topliss-reactive ketones (excluding diaryl/α,β-unsaturated/α-hetero) is 3. The Kier molecular flexibility index (Phi) is 28.0. The van der Waals surface area contributed by atoms with Gasteiger partial charge in [-0.1, -0.05) is 71.1 Å². The molecule has 3 fully saturated rings. The van der Waals surface area contributed by atoms with Crippen molar-refractivity contribution >= 4 is 29.2 Å². The van der Waals surface area contributed by atoms with E-state index >= 15 is 0 Å². The molecule has 1 unspecified atom stereocenters. The maximum atomic E-state index is 14.7. The minimum absolute atomic E-state index is 0.0455. The van der Waals surface area contributed by atoms with Crippen LogP contribution in [-0.4, -0.2) is 172 Å². The van der Waals surface area contributed by atoms with Crippen molar-refractivity contribution in [3.8, 4) is 0 Å². The van der Waals surface area contributed by atoms with E-state index in [9.17, 15) is 47.4 Å². The van der Waals surface area contributed by atoms with Gasteiger partial charge in [-0.25, -0.2) is 4.79 Å². The molecule has 1 amide bonds. The fourth-order valence-corrected chi connectivity index (χ4v) is 11.3. The number of carbonyl (C=O) groups excluding carboxylic acids is 5. The van der Waals surface area contributed by atoms with Crippen molar-refractivity contribution in [2.24, 2.45) is 35.5 Å². The minimum Gasteiger partial charge on any atom is -0.460 e. The summed E-state index contributed by atoms with van der Waals surface area (Å²) in [5.41, 5.74) is -0.395. The zero-order valence-electron chi connectivity index (χ0n) is 48.0. The number of aliphatic hydroxyl groups is 2. The van der Waals surface area contributed by atoms with Crippen molar-refractivity contribution in [3.05, 3.63) is 47.6 Å². The minimum atomic E-state index is -4.44. The number of halogens is 3. The van der Waals surface area contributed by atoms with Gasteiger partial charge < -0.3 is 53.0 Å². The molecular formula is C59H92F3NO15. The van der Waals surface area contributed by atoms with Crippen molar-refractivity contribution < 1.29 is 85.3 Å². The first kappa shape index (κ1) is 66.8. The summed E-state index contributed by atoms with van der Waals surface area (Å²) in [4.78, 5) is 73.5. The number of amides is 1. The Labute approximate surface area is 461 Å². The smallest absolute Gasteiger partial charge is 0.411 e. The molecule has 3 heterocycles. The molecule has 16 nitrogen and oxygen atoms in total. The van der Waals surface area contributed by atoms with Gasteiger partial charge in [0.25, 0.3) is 11.7 Å². The predicted octanol–water partition coefficient (Wildman–Crippen LogP) is 8.23. The van der Waals surface area contributed by atoms with Crippen LogP contribution in [0.4, 0.5) is 13.2 Å². The van der Waals surface area contributed by atoms with E-state index in [0.29, 0.717) is 63.4 Å². The fraction of sp³-hybridized carbons (Fsp3) is 0.780. The van der Waals surface area contributed by atoms with Crippen LogP contribution in [0.5, 0.6) is 0 Å². The number of allylic oxidation sites excluding steroid dienone is 6. The number of hydrogen-bond acceptors (Lipinski definition) is 15. The third-order valence-corrected chi connectivity index (χ3v) is 16.2. The maximum Gasteiger partial charge on any atom is 0.411 e. The first-order chi connectivity index (χ1) is 36.9. The van der Waals surface area contributed by atoms with Gasteiger partial charge in [0.1, 0.15) is 42.3 Å². The summed E-state index contributed by atoms with van der Waals surface area (Å²) < 4.78 is 84.4. The van der Waals surface area contributed by atoms with Crippen molar-refractivity contribution in [1.82, 2.24) is 4.90 Å². The second-order valence-electron chi connectivity index (χ2n) is 22.5. The van der Waals surface area contributed by atoms with E-state index in [1.807, 2.05) is 58.1 Å². The van der Waals surface area contributed by atoms with E-state index in [2.05, 4.69) is 4.74 Å². The van der Waals surface area contributed by atoms with Crippen LogP contribution in [-0.2, 0) is 61.9 Å². The SMILES string of the molecule is CO[C@@H]1C[C@H](C[C@@H](C)[C@@H]2CC(=O)[C@H](C)/C=C(\C)[C@@H](O)[C@@H](OC)C(=O)[C@H](C)C[C@H](C)/C=C/C=C/C=C(\C)C(OCCOCCOCC(F)(F)F)C[C@@H]3CC[C@@H](C)[C@@](C)(O3)C(=O)C(=O)N3CCCC[C@H]3C(=O)O2)CC[C@H]1OCCO. The van der Waals surface area contributed by atoms with Gasteiger partial charge in [-0.15, -0.1) is 0 Å². The highest BCUT2D eigenvalue weighted by atomic mass is 19.4. The van der Waals surface area contributed by atoms with Crippen LogP contribution in [0, 0.1) is 35.5 Å². The standard InChI is InChI=1S/C59H92F3NO15/c1-37-16-12-11-13-17-38(2)49(76-29-28-73-26-27-74-36-59(60,61)62)34-45-21-19-43(7)58(8,78-45)55(68)56(69)63-23-15-14-18-46(63)57(70)77-50(40(4)32-44-20-22-48(75-25-24-64)51(33-44)71-9)35-47(65)39(3)31-42(6)53(67)54(72-10)52(66)41(5)30-37/h11-13,16-17,31,37,39-41,43-46,48-51,53-54,64,67H,14-15,18-30,32-36H2,1-10H3/b13-11+,16-12+,38-17+,42-31+/t37-,39-,40-,41-,43-,44+,45+,46+,48-,49?,50+,51-,53-,54+,58-/m1/s1. The molecule has 19 heteroatoms. The van der Waals surface area contributed by atoms with Gasteiger partial charge in [0.2, 0.25) is 0 Å². The van der Waals surface area contributed by atoms with Gasteiger partial charge >= 0.3 is 12.1 Å². The van der Waals surface area contributed by atoms with Gasteiger partial charge in [-0.2, -0.15) is 13.2 Å². The summed E-state index contributed by atoms with van der Waals surface area (Å²) in [5.74, 6) is -4.83. The molecular weight excluding hydrogens is 1020 g/mol. The number of alkyl halides is 3. The number of rotatable bonds is 16. The Morgan fingerprint density at radius 2 is 1.54 bits per heavy atom. The molecule has 78 heavy (non-hydrogen) atoms. The number of esters is 1. The average molecular weight is 1110 g/mol. The van der Waals surface area contributed by atoms with Crippen LogP contribution in [0.15, 0.2) is 47.6 Å². The molecule has 4 aliphatic rings. The monoisotopic (exact) mass is 1110 g/mol. The number of hydrogen-bond donors (Lipinski definition) is 2. The van der Waals surface area contributed by atoms with Crippen molar-refractivity contribution in [1.29, 1.82) is 0 Å². The summed E-state index contributed by atoms with van der Waals surface area (Å²) in [6.45, 7) is 13.1. The Bertz CT molecular complexity index is 2040. The zero-order chi connectivity index (χ0) is 57.7. The maximum absolute atomic E-state index is 14.7. The van der Waals surface area contributed by atoms with Crippen molar-refractivity contribution in [3.63, 3.8) is 0 Å². The number of piperidine rings is 1. The molecule has 0 spiro atoms. The number of ether oxygens (including phenoxy) is 8.